The highest BCUT2D eigenvalue weighted by Crippen LogP contribution is 2.15. The van der Waals surface area contributed by atoms with E-state index in [2.05, 4.69) is 0 Å². The molecule has 0 aliphatic heterocycles. The van der Waals surface area contributed by atoms with Crippen molar-refractivity contribution < 1.29 is 14.6 Å². The summed E-state index contributed by atoms with van der Waals surface area (Å²) in [6.45, 7) is 3.81. The van der Waals surface area contributed by atoms with Crippen molar-refractivity contribution in [2.75, 3.05) is 18.9 Å². The molecule has 4 nitrogen and oxygen atoms in total. The van der Waals surface area contributed by atoms with Crippen LogP contribution in [0, 0.1) is 5.41 Å². The van der Waals surface area contributed by atoms with Crippen molar-refractivity contribution in [1.29, 1.82) is 0 Å². The molecule has 0 spiro atoms. The zero-order valence-electron chi connectivity index (χ0n) is 9.56. The molecule has 88 valence electrons. The number of nitrogens with two attached hydrogens (primary N) is 1. The standard InChI is InChI=1S/C12H17NO3/c1-12(2,7-14)8-16-11(15)9-3-5-10(13)6-4-9/h3-6,14H,7-8,13H2,1-2H3. The van der Waals surface area contributed by atoms with Crippen LogP contribution >= 0.6 is 0 Å². The van der Waals surface area contributed by atoms with E-state index >= 15 is 0 Å². The SMILES string of the molecule is CC(C)(CO)COC(=O)c1ccc(N)cc1. The van der Waals surface area contributed by atoms with E-state index in [4.69, 9.17) is 15.6 Å². The van der Waals surface area contributed by atoms with E-state index in [9.17, 15) is 4.79 Å². The van der Waals surface area contributed by atoms with Gasteiger partial charge in [-0.15, -0.1) is 0 Å². The Hall–Kier alpha value is -1.55. The van der Waals surface area contributed by atoms with Crippen LogP contribution in [0.4, 0.5) is 5.69 Å². The van der Waals surface area contributed by atoms with Crippen molar-refractivity contribution >= 4 is 11.7 Å². The van der Waals surface area contributed by atoms with E-state index < -0.39 is 11.4 Å². The summed E-state index contributed by atoms with van der Waals surface area (Å²) in [7, 11) is 0. The van der Waals surface area contributed by atoms with Gasteiger partial charge < -0.3 is 15.6 Å². The first-order valence-corrected chi connectivity index (χ1v) is 5.08. The summed E-state index contributed by atoms with van der Waals surface area (Å²) in [6.07, 6.45) is 0. The van der Waals surface area contributed by atoms with Gasteiger partial charge >= 0.3 is 5.97 Å². The summed E-state index contributed by atoms with van der Waals surface area (Å²) in [5.41, 5.74) is 6.16. The smallest absolute Gasteiger partial charge is 0.338 e. The molecule has 1 rings (SSSR count). The topological polar surface area (TPSA) is 72.5 Å². The van der Waals surface area contributed by atoms with Crippen LogP contribution in [0.3, 0.4) is 0 Å². The normalized spacial score (nSPS) is 11.2. The molecule has 0 aliphatic rings. The van der Waals surface area contributed by atoms with Gasteiger partial charge in [0.15, 0.2) is 0 Å². The van der Waals surface area contributed by atoms with E-state index in [1.54, 1.807) is 24.3 Å². The molecular weight excluding hydrogens is 206 g/mol. The van der Waals surface area contributed by atoms with Crippen molar-refractivity contribution in [2.24, 2.45) is 5.41 Å². The summed E-state index contributed by atoms with van der Waals surface area (Å²) < 4.78 is 5.08. The highest BCUT2D eigenvalue weighted by Gasteiger charge is 2.19. The Morgan fingerprint density at radius 2 is 1.94 bits per heavy atom. The molecule has 3 N–H and O–H groups in total. The zero-order chi connectivity index (χ0) is 12.2. The van der Waals surface area contributed by atoms with Gasteiger partial charge in [0.25, 0.3) is 0 Å². The van der Waals surface area contributed by atoms with Crippen LogP contribution in [0.1, 0.15) is 24.2 Å². The number of anilines is 1. The van der Waals surface area contributed by atoms with Gasteiger partial charge in [0.05, 0.1) is 18.8 Å². The van der Waals surface area contributed by atoms with Crippen molar-refractivity contribution in [3.05, 3.63) is 29.8 Å². The lowest BCUT2D eigenvalue weighted by molar-refractivity contribution is 0.0219. The van der Waals surface area contributed by atoms with E-state index in [0.717, 1.165) is 0 Å². The minimum absolute atomic E-state index is 0.0258. The summed E-state index contributed by atoms with van der Waals surface area (Å²) in [5.74, 6) is -0.401. The Kier molecular flexibility index (Phi) is 3.90. The highest BCUT2D eigenvalue weighted by atomic mass is 16.5. The maximum absolute atomic E-state index is 11.6. The van der Waals surface area contributed by atoms with Gasteiger partial charge in [-0.3, -0.25) is 0 Å². The predicted molar refractivity (Wildman–Crippen MR) is 62.0 cm³/mol. The summed E-state index contributed by atoms with van der Waals surface area (Å²) >= 11 is 0. The van der Waals surface area contributed by atoms with Crippen LogP contribution < -0.4 is 5.73 Å². The van der Waals surface area contributed by atoms with Crippen LogP contribution in [0.2, 0.25) is 0 Å². The molecule has 0 fully saturated rings. The first-order chi connectivity index (χ1) is 7.44. The number of ether oxygens (including phenoxy) is 1. The fourth-order valence-electron chi connectivity index (χ4n) is 1.01. The summed E-state index contributed by atoms with van der Waals surface area (Å²) in [6, 6.07) is 6.52. The number of aliphatic hydroxyl groups excluding tert-OH is 1. The number of hydrogen-bond acceptors (Lipinski definition) is 4. The predicted octanol–water partition coefficient (Wildman–Crippen LogP) is 1.44. The number of hydrogen-bond donors (Lipinski definition) is 2. The zero-order valence-corrected chi connectivity index (χ0v) is 9.56. The van der Waals surface area contributed by atoms with Gasteiger partial charge in [0, 0.05) is 11.1 Å². The third kappa shape index (κ3) is 3.55. The molecule has 0 aromatic heterocycles. The van der Waals surface area contributed by atoms with Gasteiger partial charge in [-0.25, -0.2) is 4.79 Å². The molecule has 0 saturated carbocycles. The minimum Gasteiger partial charge on any atom is -0.461 e. The Morgan fingerprint density at radius 3 is 2.44 bits per heavy atom. The maximum Gasteiger partial charge on any atom is 0.338 e. The Bertz CT molecular complexity index is 357. The fraction of sp³-hybridized carbons (Fsp3) is 0.417. The van der Waals surface area contributed by atoms with Gasteiger partial charge in [0.2, 0.25) is 0 Å². The van der Waals surface area contributed by atoms with Crippen LogP contribution in [0.25, 0.3) is 0 Å². The molecule has 0 atom stereocenters. The van der Waals surface area contributed by atoms with Gasteiger partial charge in [-0.1, -0.05) is 13.8 Å². The molecular formula is C12H17NO3. The van der Waals surface area contributed by atoms with Gasteiger partial charge in [-0.2, -0.15) is 0 Å². The van der Waals surface area contributed by atoms with Crippen molar-refractivity contribution in [3.8, 4) is 0 Å². The average molecular weight is 223 g/mol. The second kappa shape index (κ2) is 4.99. The van der Waals surface area contributed by atoms with Crippen LogP contribution in [-0.4, -0.2) is 24.3 Å². The molecule has 1 aromatic rings. The molecule has 0 aliphatic carbocycles. The molecule has 4 heteroatoms. The lowest BCUT2D eigenvalue weighted by Crippen LogP contribution is -2.25. The van der Waals surface area contributed by atoms with Crippen molar-refractivity contribution in [2.45, 2.75) is 13.8 Å². The molecule has 0 heterocycles. The van der Waals surface area contributed by atoms with Crippen LogP contribution in [0.15, 0.2) is 24.3 Å². The van der Waals surface area contributed by atoms with E-state index in [1.165, 1.54) is 0 Å². The minimum atomic E-state index is -0.413. The van der Waals surface area contributed by atoms with E-state index in [1.807, 2.05) is 13.8 Å². The summed E-state index contributed by atoms with van der Waals surface area (Å²) in [4.78, 5) is 11.6. The maximum atomic E-state index is 11.6. The molecule has 16 heavy (non-hydrogen) atoms. The average Bonchev–Trinajstić information content (AvgIpc) is 2.27. The Morgan fingerprint density at radius 1 is 1.38 bits per heavy atom. The fourth-order valence-corrected chi connectivity index (χ4v) is 1.01. The quantitative estimate of drug-likeness (QED) is 0.598. The highest BCUT2D eigenvalue weighted by molar-refractivity contribution is 5.89. The first kappa shape index (κ1) is 12.5. The second-order valence-electron chi connectivity index (χ2n) is 4.52. The van der Waals surface area contributed by atoms with Crippen LogP contribution in [-0.2, 0) is 4.74 Å². The second-order valence-corrected chi connectivity index (χ2v) is 4.52. The summed E-state index contributed by atoms with van der Waals surface area (Å²) in [5, 5.41) is 9.01. The van der Waals surface area contributed by atoms with Crippen molar-refractivity contribution in [3.63, 3.8) is 0 Å². The number of carbonyl (C=O) groups excluding carboxylic acids is 1. The number of nitrogen functional groups attached to an aromatic ring is 1. The molecule has 0 radical (unpaired) electrons. The number of esters is 1. The Labute approximate surface area is 95.0 Å². The number of rotatable bonds is 4. The third-order valence-electron chi connectivity index (χ3n) is 2.17. The van der Waals surface area contributed by atoms with Gasteiger partial charge in [0.1, 0.15) is 0 Å². The molecule has 0 saturated heterocycles. The largest absolute Gasteiger partial charge is 0.461 e. The molecule has 0 bridgehead atoms. The number of carbonyl (C=O) groups is 1. The monoisotopic (exact) mass is 223 g/mol. The lowest BCUT2D eigenvalue weighted by Gasteiger charge is -2.20. The van der Waals surface area contributed by atoms with E-state index in [-0.39, 0.29) is 13.2 Å². The van der Waals surface area contributed by atoms with Gasteiger partial charge in [-0.05, 0) is 24.3 Å². The molecule has 0 amide bonds. The Balaban J connectivity index is 2.56. The number of benzene rings is 1. The lowest BCUT2D eigenvalue weighted by atomic mass is 9.96. The third-order valence-corrected chi connectivity index (χ3v) is 2.17. The molecule has 0 unspecified atom stereocenters. The van der Waals surface area contributed by atoms with Crippen LogP contribution in [0.5, 0.6) is 0 Å². The molecule has 1 aromatic carbocycles. The van der Waals surface area contributed by atoms with E-state index in [0.29, 0.717) is 11.3 Å². The van der Waals surface area contributed by atoms with Crippen molar-refractivity contribution in [1.82, 2.24) is 0 Å². The first-order valence-electron chi connectivity index (χ1n) is 5.08. The number of aliphatic hydroxyl groups is 1.